The van der Waals surface area contributed by atoms with Crippen molar-refractivity contribution < 1.29 is 23.6 Å². The van der Waals surface area contributed by atoms with Gasteiger partial charge in [-0.2, -0.15) is 0 Å². The zero-order chi connectivity index (χ0) is 20.8. The highest BCUT2D eigenvalue weighted by Gasteiger charge is 2.17. The molecule has 2 aromatic carbocycles. The molecule has 0 amide bonds. The number of halogens is 1. The van der Waals surface area contributed by atoms with Crippen LogP contribution in [0.2, 0.25) is 0 Å². The lowest BCUT2D eigenvalue weighted by Crippen LogP contribution is -2.06. The SMILES string of the molecule is Cc1nc(COc2ccc(/C=C/C(=O)Oc3cc(F)ccc3[N+](=O)[O-])cc2)cs1. The van der Waals surface area contributed by atoms with Crippen molar-refractivity contribution in [3.8, 4) is 11.5 Å². The molecule has 29 heavy (non-hydrogen) atoms. The van der Waals surface area contributed by atoms with Gasteiger partial charge < -0.3 is 9.47 Å². The van der Waals surface area contributed by atoms with Gasteiger partial charge >= 0.3 is 11.7 Å². The summed E-state index contributed by atoms with van der Waals surface area (Å²) in [7, 11) is 0. The highest BCUT2D eigenvalue weighted by Crippen LogP contribution is 2.27. The molecule has 3 rings (SSSR count). The quantitative estimate of drug-likeness (QED) is 0.183. The molecule has 0 saturated carbocycles. The van der Waals surface area contributed by atoms with Crippen molar-refractivity contribution in [3.05, 3.63) is 86.1 Å². The van der Waals surface area contributed by atoms with Gasteiger partial charge in [0.1, 0.15) is 18.2 Å². The fourth-order valence-electron chi connectivity index (χ4n) is 2.33. The summed E-state index contributed by atoms with van der Waals surface area (Å²) >= 11 is 1.55. The second kappa shape index (κ2) is 9.07. The minimum absolute atomic E-state index is 0.359. The third-order valence-corrected chi connectivity index (χ3v) is 4.50. The minimum atomic E-state index is -0.863. The van der Waals surface area contributed by atoms with E-state index < -0.39 is 28.1 Å². The van der Waals surface area contributed by atoms with Gasteiger partial charge in [0, 0.05) is 23.6 Å². The highest BCUT2D eigenvalue weighted by molar-refractivity contribution is 7.09. The molecular weight excluding hydrogens is 399 g/mol. The normalized spacial score (nSPS) is 10.8. The Bertz CT molecular complexity index is 1060. The molecule has 0 saturated heterocycles. The third-order valence-electron chi connectivity index (χ3n) is 3.67. The van der Waals surface area contributed by atoms with Gasteiger partial charge in [0.2, 0.25) is 5.75 Å². The number of rotatable bonds is 7. The van der Waals surface area contributed by atoms with E-state index in [-0.39, 0.29) is 0 Å². The molecular formula is C20H15FN2O5S. The van der Waals surface area contributed by atoms with Gasteiger partial charge in [0.25, 0.3) is 0 Å². The molecule has 0 atom stereocenters. The summed E-state index contributed by atoms with van der Waals surface area (Å²) in [4.78, 5) is 26.4. The van der Waals surface area contributed by atoms with E-state index in [1.54, 1.807) is 35.6 Å². The molecule has 0 aliphatic heterocycles. The number of nitro groups is 1. The van der Waals surface area contributed by atoms with Crippen LogP contribution in [0.4, 0.5) is 10.1 Å². The maximum absolute atomic E-state index is 13.3. The third kappa shape index (κ3) is 5.69. The predicted octanol–water partition coefficient (Wildman–Crippen LogP) is 4.70. The fourth-order valence-corrected chi connectivity index (χ4v) is 2.93. The van der Waals surface area contributed by atoms with Gasteiger partial charge in [-0.25, -0.2) is 14.2 Å². The number of carbonyl (C=O) groups excluding carboxylic acids is 1. The standard InChI is InChI=1S/C20H15FN2O5S/c1-13-22-16(12-29-13)11-27-17-6-2-14(3-7-17)4-9-20(24)28-19-10-15(21)5-8-18(19)23(25)26/h2-10,12H,11H2,1H3/b9-4+. The second-order valence-electron chi connectivity index (χ2n) is 5.84. The number of hydrogen-bond donors (Lipinski definition) is 0. The Morgan fingerprint density at radius 3 is 2.69 bits per heavy atom. The summed E-state index contributed by atoms with van der Waals surface area (Å²) < 4.78 is 23.8. The number of aryl methyl sites for hydroxylation is 1. The molecule has 0 aliphatic carbocycles. The lowest BCUT2D eigenvalue weighted by molar-refractivity contribution is -0.385. The molecule has 0 unspecified atom stereocenters. The molecule has 7 nitrogen and oxygen atoms in total. The lowest BCUT2D eigenvalue weighted by atomic mass is 10.2. The highest BCUT2D eigenvalue weighted by atomic mass is 32.1. The van der Waals surface area contributed by atoms with Crippen LogP contribution in [-0.4, -0.2) is 15.9 Å². The Labute approximate surface area is 169 Å². The van der Waals surface area contributed by atoms with Crippen LogP contribution in [0, 0.1) is 22.9 Å². The first kappa shape index (κ1) is 20.2. The van der Waals surface area contributed by atoms with E-state index in [2.05, 4.69) is 4.98 Å². The number of ether oxygens (including phenoxy) is 2. The molecule has 0 fully saturated rings. The van der Waals surface area contributed by atoms with Crippen molar-refractivity contribution in [1.82, 2.24) is 4.98 Å². The Balaban J connectivity index is 1.59. The van der Waals surface area contributed by atoms with E-state index in [1.807, 2.05) is 12.3 Å². The monoisotopic (exact) mass is 414 g/mol. The fraction of sp³-hybridized carbons (Fsp3) is 0.100. The summed E-state index contributed by atoms with van der Waals surface area (Å²) in [6, 6.07) is 9.59. The molecule has 0 bridgehead atoms. The van der Waals surface area contributed by atoms with Gasteiger partial charge in [-0.1, -0.05) is 12.1 Å². The molecule has 0 aliphatic rings. The number of hydrogen-bond acceptors (Lipinski definition) is 7. The number of esters is 1. The van der Waals surface area contributed by atoms with Gasteiger partial charge in [-0.3, -0.25) is 10.1 Å². The van der Waals surface area contributed by atoms with Gasteiger partial charge in [-0.05, 0) is 36.8 Å². The maximum atomic E-state index is 13.3. The van der Waals surface area contributed by atoms with E-state index in [0.717, 1.165) is 35.0 Å². The van der Waals surface area contributed by atoms with Crippen LogP contribution in [0.3, 0.4) is 0 Å². The van der Waals surface area contributed by atoms with Gasteiger partial charge in [0.15, 0.2) is 0 Å². The second-order valence-corrected chi connectivity index (χ2v) is 6.90. The summed E-state index contributed by atoms with van der Waals surface area (Å²) in [6.07, 6.45) is 2.57. The number of nitrogens with zero attached hydrogens (tertiary/aromatic N) is 2. The first-order chi connectivity index (χ1) is 13.9. The average molecular weight is 414 g/mol. The zero-order valence-corrected chi connectivity index (χ0v) is 16.0. The molecule has 3 aromatic rings. The van der Waals surface area contributed by atoms with E-state index in [1.165, 1.54) is 6.08 Å². The Kier molecular flexibility index (Phi) is 6.30. The van der Waals surface area contributed by atoms with Crippen LogP contribution >= 0.6 is 11.3 Å². The van der Waals surface area contributed by atoms with Crippen LogP contribution in [0.1, 0.15) is 16.3 Å². The largest absolute Gasteiger partial charge is 0.487 e. The van der Waals surface area contributed by atoms with Gasteiger partial charge in [0.05, 0.1) is 15.6 Å². The van der Waals surface area contributed by atoms with Gasteiger partial charge in [-0.15, -0.1) is 11.3 Å². The number of thiazole rings is 1. The summed E-state index contributed by atoms with van der Waals surface area (Å²) in [5.41, 5.74) is 1.04. The maximum Gasteiger partial charge on any atom is 0.336 e. The average Bonchev–Trinajstić information content (AvgIpc) is 3.10. The summed E-state index contributed by atoms with van der Waals surface area (Å²) in [6.45, 7) is 2.28. The van der Waals surface area contributed by atoms with Crippen molar-refractivity contribution in [2.45, 2.75) is 13.5 Å². The first-order valence-corrected chi connectivity index (χ1v) is 9.26. The van der Waals surface area contributed by atoms with Crippen molar-refractivity contribution in [2.24, 2.45) is 0 Å². The van der Waals surface area contributed by atoms with Crippen LogP contribution in [-0.2, 0) is 11.4 Å². The lowest BCUT2D eigenvalue weighted by Gasteiger charge is -2.04. The van der Waals surface area contributed by atoms with E-state index in [0.29, 0.717) is 17.9 Å². The Morgan fingerprint density at radius 1 is 1.28 bits per heavy atom. The molecule has 0 N–H and O–H groups in total. The van der Waals surface area contributed by atoms with E-state index in [9.17, 15) is 19.3 Å². The smallest absolute Gasteiger partial charge is 0.336 e. The van der Waals surface area contributed by atoms with Crippen LogP contribution in [0.25, 0.3) is 6.08 Å². The minimum Gasteiger partial charge on any atom is -0.487 e. The van der Waals surface area contributed by atoms with Crippen molar-refractivity contribution in [1.29, 1.82) is 0 Å². The summed E-state index contributed by atoms with van der Waals surface area (Å²) in [5, 5.41) is 13.8. The number of aromatic nitrogens is 1. The molecule has 1 aromatic heterocycles. The number of carbonyl (C=O) groups is 1. The van der Waals surface area contributed by atoms with Crippen LogP contribution in [0.15, 0.2) is 53.9 Å². The van der Waals surface area contributed by atoms with E-state index in [4.69, 9.17) is 9.47 Å². The summed E-state index contributed by atoms with van der Waals surface area (Å²) in [5.74, 6) is -1.42. The number of nitro benzene ring substituents is 1. The molecule has 1 heterocycles. The molecule has 9 heteroatoms. The topological polar surface area (TPSA) is 91.6 Å². The van der Waals surface area contributed by atoms with Crippen LogP contribution in [0.5, 0.6) is 11.5 Å². The van der Waals surface area contributed by atoms with Crippen LogP contribution < -0.4 is 9.47 Å². The molecule has 0 spiro atoms. The van der Waals surface area contributed by atoms with E-state index >= 15 is 0 Å². The Hall–Kier alpha value is -3.59. The number of benzene rings is 2. The molecule has 0 radical (unpaired) electrons. The van der Waals surface area contributed by atoms with Crippen molar-refractivity contribution in [2.75, 3.05) is 0 Å². The van der Waals surface area contributed by atoms with Crippen molar-refractivity contribution >= 4 is 29.1 Å². The zero-order valence-electron chi connectivity index (χ0n) is 15.2. The van der Waals surface area contributed by atoms with Crippen molar-refractivity contribution in [3.63, 3.8) is 0 Å². The first-order valence-electron chi connectivity index (χ1n) is 8.38. The molecule has 148 valence electrons. The predicted molar refractivity (Wildman–Crippen MR) is 105 cm³/mol. The Morgan fingerprint density at radius 2 is 2.03 bits per heavy atom.